The molecule has 1 aliphatic heterocycles. The lowest BCUT2D eigenvalue weighted by Crippen LogP contribution is -2.52. The first-order valence-corrected chi connectivity index (χ1v) is 21.3. The zero-order valence-electron chi connectivity index (χ0n) is 34.9. The number of Topliss-reactive ketones (excluding diaryl/α,β-unsaturated/α-hetero) is 1. The number of nitrogens with one attached hydrogen (secondary N) is 3. The fraction of sp³-hybridized carbons (Fsp3) is 0.489. The van der Waals surface area contributed by atoms with Crippen molar-refractivity contribution in [3.05, 3.63) is 95.6 Å². The number of hydrogen-bond acceptors (Lipinski definition) is 7. The van der Waals surface area contributed by atoms with Crippen LogP contribution in [-0.4, -0.2) is 76.8 Å². The average molecular weight is 811 g/mol. The van der Waals surface area contributed by atoms with Gasteiger partial charge in [0.15, 0.2) is 5.78 Å². The lowest BCUT2D eigenvalue weighted by Gasteiger charge is -2.29. The molecule has 1 heterocycles. The number of ketones is 1. The van der Waals surface area contributed by atoms with Crippen molar-refractivity contribution in [2.75, 3.05) is 13.1 Å². The summed E-state index contributed by atoms with van der Waals surface area (Å²) in [4.78, 5) is 80.2. The number of amides is 4. The second-order valence-electron chi connectivity index (χ2n) is 15.5. The molecule has 4 amide bonds. The van der Waals surface area contributed by atoms with Crippen LogP contribution in [-0.2, 0) is 36.9 Å². The molecule has 0 radical (unpaired) electrons. The monoisotopic (exact) mass is 810 g/mol. The van der Waals surface area contributed by atoms with Crippen LogP contribution < -0.4 is 16.0 Å². The molecule has 12 heteroatoms. The fourth-order valence-electron chi connectivity index (χ4n) is 7.26. The maximum Gasteiger partial charge on any atom is 0.407 e. The fourth-order valence-corrected chi connectivity index (χ4v) is 7.26. The molecule has 0 spiro atoms. The van der Waals surface area contributed by atoms with Crippen LogP contribution >= 0.6 is 0 Å². The molecule has 3 aromatic rings. The maximum absolute atomic E-state index is 14.2. The van der Waals surface area contributed by atoms with Gasteiger partial charge in [0.2, 0.25) is 11.8 Å². The van der Waals surface area contributed by atoms with Crippen LogP contribution in [0.2, 0.25) is 0 Å². The third-order valence-corrected chi connectivity index (χ3v) is 10.8. The number of rotatable bonds is 24. The zero-order chi connectivity index (χ0) is 42.6. The minimum absolute atomic E-state index is 0.142. The van der Waals surface area contributed by atoms with Crippen molar-refractivity contribution in [1.82, 2.24) is 20.9 Å². The van der Waals surface area contributed by atoms with Crippen molar-refractivity contribution in [2.45, 2.75) is 129 Å². The molecule has 0 unspecified atom stereocenters. The van der Waals surface area contributed by atoms with Crippen LogP contribution in [0.5, 0.6) is 0 Å². The van der Waals surface area contributed by atoms with Gasteiger partial charge in [-0.3, -0.25) is 19.2 Å². The van der Waals surface area contributed by atoms with E-state index in [2.05, 4.69) is 47.1 Å². The molecule has 4 atom stereocenters. The quantitative estimate of drug-likeness (QED) is 0.0670. The number of aryl methyl sites for hydroxylation is 1. The lowest BCUT2D eigenvalue weighted by molar-refractivity contribution is -0.143. The van der Waals surface area contributed by atoms with Crippen LogP contribution in [0.3, 0.4) is 0 Å². The van der Waals surface area contributed by atoms with Crippen molar-refractivity contribution >= 4 is 35.6 Å². The van der Waals surface area contributed by atoms with Crippen molar-refractivity contribution < 1.29 is 38.6 Å². The normalized spacial score (nSPS) is 15.1. The third-order valence-electron chi connectivity index (χ3n) is 10.8. The summed E-state index contributed by atoms with van der Waals surface area (Å²) in [5.74, 6) is -3.52. The summed E-state index contributed by atoms with van der Waals surface area (Å²) in [5.41, 5.74) is 4.53. The van der Waals surface area contributed by atoms with Gasteiger partial charge in [-0.15, -0.1) is 0 Å². The first-order chi connectivity index (χ1) is 28.5. The van der Waals surface area contributed by atoms with E-state index in [1.807, 2.05) is 49.4 Å². The largest absolute Gasteiger partial charge is 0.480 e. The Hall–Kier alpha value is -5.52. The molecule has 0 aromatic heterocycles. The van der Waals surface area contributed by atoms with Gasteiger partial charge in [0.1, 0.15) is 18.7 Å². The number of ether oxygens (including phenoxy) is 1. The van der Waals surface area contributed by atoms with E-state index in [9.17, 15) is 33.9 Å². The number of alkyl carbamates (subject to hydrolysis) is 1. The second kappa shape index (κ2) is 24.4. The van der Waals surface area contributed by atoms with E-state index in [0.717, 1.165) is 48.8 Å². The van der Waals surface area contributed by atoms with Gasteiger partial charge < -0.3 is 30.7 Å². The first-order valence-electron chi connectivity index (χ1n) is 21.3. The molecular weight excluding hydrogens is 749 g/mol. The van der Waals surface area contributed by atoms with Gasteiger partial charge >= 0.3 is 12.1 Å². The second-order valence-corrected chi connectivity index (χ2v) is 15.5. The van der Waals surface area contributed by atoms with E-state index in [4.69, 9.17) is 4.74 Å². The van der Waals surface area contributed by atoms with Gasteiger partial charge in [-0.1, -0.05) is 113 Å². The molecule has 1 aliphatic rings. The van der Waals surface area contributed by atoms with E-state index >= 15 is 0 Å². The van der Waals surface area contributed by atoms with Gasteiger partial charge in [0.05, 0.1) is 6.04 Å². The number of carbonyl (C=O) groups excluding carboxylic acids is 5. The third kappa shape index (κ3) is 15.0. The van der Waals surface area contributed by atoms with Gasteiger partial charge in [-0.25, -0.2) is 9.59 Å². The highest BCUT2D eigenvalue weighted by molar-refractivity contribution is 5.99. The number of hydrogen-bond donors (Lipinski definition) is 4. The SMILES string of the molecule is CCCCC[C@H](NC(=O)[C@H](C)CC(=O)[C@@H]1CCCN1C(=O)[C@H](CCCCNC(=O)OCc1ccccc1)NC(=O)c1ccc(-c2ccc(CCCC)cc2)cc1)C(=O)O. The Bertz CT molecular complexity index is 1820. The molecule has 0 saturated carbocycles. The van der Waals surface area contributed by atoms with Crippen LogP contribution in [0.1, 0.15) is 119 Å². The molecule has 4 N–H and O–H groups in total. The molecule has 0 aliphatic carbocycles. The van der Waals surface area contributed by atoms with E-state index in [-0.39, 0.29) is 31.1 Å². The van der Waals surface area contributed by atoms with Crippen LogP contribution in [0, 0.1) is 5.92 Å². The van der Waals surface area contributed by atoms with Crippen molar-refractivity contribution in [2.24, 2.45) is 5.92 Å². The van der Waals surface area contributed by atoms with Crippen molar-refractivity contribution in [1.29, 1.82) is 0 Å². The Morgan fingerprint density at radius 1 is 0.763 bits per heavy atom. The summed E-state index contributed by atoms with van der Waals surface area (Å²) in [6, 6.07) is 22.2. The number of nitrogens with zero attached hydrogens (tertiary/aromatic N) is 1. The van der Waals surface area contributed by atoms with Gasteiger partial charge in [-0.05, 0) is 85.8 Å². The lowest BCUT2D eigenvalue weighted by atomic mass is 9.96. The summed E-state index contributed by atoms with van der Waals surface area (Å²) in [7, 11) is 0. The van der Waals surface area contributed by atoms with Gasteiger partial charge in [-0.2, -0.15) is 0 Å². The Balaban J connectivity index is 1.40. The number of likely N-dealkylation sites (tertiary alicyclic amines) is 1. The number of benzene rings is 3. The minimum Gasteiger partial charge on any atom is -0.480 e. The summed E-state index contributed by atoms with van der Waals surface area (Å²) in [6.07, 6.45) is 7.58. The van der Waals surface area contributed by atoms with Crippen LogP contribution in [0.25, 0.3) is 11.1 Å². The number of carboxylic acid groups (broad SMARTS) is 1. The molecule has 4 rings (SSSR count). The van der Waals surface area contributed by atoms with Crippen molar-refractivity contribution in [3.8, 4) is 11.1 Å². The van der Waals surface area contributed by atoms with Crippen LogP contribution in [0.4, 0.5) is 4.79 Å². The predicted molar refractivity (Wildman–Crippen MR) is 227 cm³/mol. The molecule has 3 aromatic carbocycles. The van der Waals surface area contributed by atoms with Crippen LogP contribution in [0.15, 0.2) is 78.9 Å². The predicted octanol–water partition coefficient (Wildman–Crippen LogP) is 7.63. The molecule has 0 bridgehead atoms. The summed E-state index contributed by atoms with van der Waals surface area (Å²) in [6.45, 7) is 6.53. The average Bonchev–Trinajstić information content (AvgIpc) is 3.75. The highest BCUT2D eigenvalue weighted by atomic mass is 16.5. The van der Waals surface area contributed by atoms with Crippen molar-refractivity contribution in [3.63, 3.8) is 0 Å². The number of unbranched alkanes of at least 4 members (excludes halogenated alkanes) is 4. The maximum atomic E-state index is 14.2. The highest BCUT2D eigenvalue weighted by Crippen LogP contribution is 2.25. The Morgan fingerprint density at radius 3 is 2.07 bits per heavy atom. The summed E-state index contributed by atoms with van der Waals surface area (Å²) >= 11 is 0. The molecule has 318 valence electrons. The first kappa shape index (κ1) is 46.2. The molecule has 1 saturated heterocycles. The van der Waals surface area contributed by atoms with Gasteiger partial charge in [0, 0.05) is 31.0 Å². The summed E-state index contributed by atoms with van der Waals surface area (Å²) < 4.78 is 5.29. The topological polar surface area (TPSA) is 171 Å². The molecule has 59 heavy (non-hydrogen) atoms. The highest BCUT2D eigenvalue weighted by Gasteiger charge is 2.38. The van der Waals surface area contributed by atoms with E-state index < -0.39 is 47.9 Å². The summed E-state index contributed by atoms with van der Waals surface area (Å²) in [5, 5.41) is 17.9. The van der Waals surface area contributed by atoms with E-state index in [0.29, 0.717) is 57.2 Å². The molecule has 12 nitrogen and oxygen atoms in total. The van der Waals surface area contributed by atoms with Gasteiger partial charge in [0.25, 0.3) is 5.91 Å². The minimum atomic E-state index is -1.11. The van der Waals surface area contributed by atoms with E-state index in [1.165, 1.54) is 10.5 Å². The number of aliphatic carboxylic acids is 1. The molecule has 1 fully saturated rings. The Morgan fingerprint density at radius 2 is 1.41 bits per heavy atom. The Labute approximate surface area is 348 Å². The standard InChI is InChI=1S/C47H62N4O8/c1-4-6-9-19-40(46(56)57)50-43(53)33(3)31-42(52)41-20-14-30-51(41)45(55)39(18-12-13-29-48-47(58)59-32-35-16-10-8-11-17-35)49-44(54)38-27-25-37(26-28-38)36-23-21-34(22-24-36)15-7-5-2/h8,10-11,16-17,21-28,33,39-41H,4-7,9,12-15,18-20,29-32H2,1-3H3,(H,48,58)(H,49,54)(H,50,53)(H,56,57)/t33-,39+,40+,41+/m1/s1. The Kier molecular flexibility index (Phi) is 19.1. The smallest absolute Gasteiger partial charge is 0.407 e. The number of carboxylic acids is 1. The zero-order valence-corrected chi connectivity index (χ0v) is 34.9. The number of carbonyl (C=O) groups is 6. The van der Waals surface area contributed by atoms with E-state index in [1.54, 1.807) is 19.1 Å². The molecular formula is C47H62N4O8.